The Bertz CT molecular complexity index is 745. The fourth-order valence-corrected chi connectivity index (χ4v) is 2.92. The third-order valence-corrected chi connectivity index (χ3v) is 4.59. The Morgan fingerprint density at radius 3 is 2.50 bits per heavy atom. The summed E-state index contributed by atoms with van der Waals surface area (Å²) in [5.41, 5.74) is 5.64. The molecule has 24 heavy (non-hydrogen) atoms. The number of hydrogen-bond acceptors (Lipinski definition) is 2. The van der Waals surface area contributed by atoms with Crippen LogP contribution in [0.15, 0.2) is 42.5 Å². The van der Waals surface area contributed by atoms with E-state index in [1.807, 2.05) is 37.3 Å². The molecule has 126 valence electrons. The average Bonchev–Trinajstić information content (AvgIpc) is 3.41. The van der Waals surface area contributed by atoms with Crippen LogP contribution in [0.3, 0.4) is 0 Å². The molecular weight excluding hydrogens is 310 g/mol. The van der Waals surface area contributed by atoms with E-state index in [0.29, 0.717) is 12.5 Å². The highest BCUT2D eigenvalue weighted by molar-refractivity contribution is 5.96. The second kappa shape index (κ2) is 6.59. The van der Waals surface area contributed by atoms with Crippen LogP contribution in [0.1, 0.15) is 35.7 Å². The van der Waals surface area contributed by atoms with Crippen molar-refractivity contribution in [2.45, 2.75) is 32.4 Å². The Morgan fingerprint density at radius 1 is 1.21 bits per heavy atom. The van der Waals surface area contributed by atoms with Crippen LogP contribution in [0.2, 0.25) is 0 Å². The lowest BCUT2D eigenvalue weighted by molar-refractivity contribution is 0.0644. The van der Waals surface area contributed by atoms with Crippen molar-refractivity contribution in [3.8, 4) is 0 Å². The molecule has 2 aromatic carbocycles. The van der Waals surface area contributed by atoms with Crippen molar-refractivity contribution < 1.29 is 13.6 Å². The number of nitrogens with zero attached hydrogens (tertiary/aromatic N) is 1. The summed E-state index contributed by atoms with van der Waals surface area (Å²) in [5, 5.41) is 0. The molecule has 3 nitrogen and oxygen atoms in total. The SMILES string of the molecule is CC(C1CC1)N(Cc1ccccc1)C(=O)c1c(F)ccc(N)c1F. The third-order valence-electron chi connectivity index (χ3n) is 4.59. The van der Waals surface area contributed by atoms with Crippen molar-refractivity contribution in [2.24, 2.45) is 5.92 Å². The van der Waals surface area contributed by atoms with E-state index in [4.69, 9.17) is 5.73 Å². The molecule has 1 aliphatic rings. The zero-order valence-corrected chi connectivity index (χ0v) is 13.5. The molecule has 0 aromatic heterocycles. The van der Waals surface area contributed by atoms with Gasteiger partial charge in [-0.3, -0.25) is 4.79 Å². The molecule has 1 unspecified atom stereocenters. The van der Waals surface area contributed by atoms with Gasteiger partial charge in [-0.1, -0.05) is 30.3 Å². The first-order valence-electron chi connectivity index (χ1n) is 8.07. The molecule has 1 amide bonds. The summed E-state index contributed by atoms with van der Waals surface area (Å²) in [7, 11) is 0. The van der Waals surface area contributed by atoms with Crippen molar-refractivity contribution in [1.82, 2.24) is 4.90 Å². The number of nitrogen functional groups attached to an aromatic ring is 1. The number of rotatable bonds is 5. The predicted molar refractivity (Wildman–Crippen MR) is 89.3 cm³/mol. The second-order valence-electron chi connectivity index (χ2n) is 6.32. The fraction of sp³-hybridized carbons (Fsp3) is 0.316. The minimum atomic E-state index is -0.985. The molecule has 2 aromatic rings. The summed E-state index contributed by atoms with van der Waals surface area (Å²) < 4.78 is 28.4. The quantitative estimate of drug-likeness (QED) is 0.843. The van der Waals surface area contributed by atoms with E-state index in [9.17, 15) is 13.6 Å². The zero-order chi connectivity index (χ0) is 17.3. The van der Waals surface area contributed by atoms with Crippen LogP contribution in [-0.4, -0.2) is 16.8 Å². The molecule has 1 fully saturated rings. The van der Waals surface area contributed by atoms with Crippen LogP contribution in [0.4, 0.5) is 14.5 Å². The molecule has 0 spiro atoms. The number of nitrogens with two attached hydrogens (primary N) is 1. The summed E-state index contributed by atoms with van der Waals surface area (Å²) in [6, 6.07) is 11.5. The van der Waals surface area contributed by atoms with Crippen molar-refractivity contribution in [3.63, 3.8) is 0 Å². The summed E-state index contributed by atoms with van der Waals surface area (Å²) >= 11 is 0. The maximum atomic E-state index is 14.3. The predicted octanol–water partition coefficient (Wildman–Crippen LogP) is 3.99. The highest BCUT2D eigenvalue weighted by Crippen LogP contribution is 2.36. The number of amides is 1. The fourth-order valence-electron chi connectivity index (χ4n) is 2.92. The Balaban J connectivity index is 1.96. The Kier molecular flexibility index (Phi) is 4.51. The van der Waals surface area contributed by atoms with Crippen molar-refractivity contribution in [1.29, 1.82) is 0 Å². The average molecular weight is 330 g/mol. The third kappa shape index (κ3) is 3.25. The molecule has 0 radical (unpaired) electrons. The molecule has 2 N–H and O–H groups in total. The van der Waals surface area contributed by atoms with Crippen LogP contribution < -0.4 is 5.73 Å². The molecule has 0 bridgehead atoms. The first kappa shape index (κ1) is 16.4. The second-order valence-corrected chi connectivity index (χ2v) is 6.32. The molecule has 1 atom stereocenters. The van der Waals surface area contributed by atoms with Gasteiger partial charge in [0, 0.05) is 12.6 Å². The summed E-state index contributed by atoms with van der Waals surface area (Å²) in [6.07, 6.45) is 2.06. The van der Waals surface area contributed by atoms with Crippen molar-refractivity contribution in [2.75, 3.05) is 5.73 Å². The Labute approximate surface area is 140 Å². The van der Waals surface area contributed by atoms with E-state index in [0.717, 1.165) is 30.5 Å². The maximum absolute atomic E-state index is 14.3. The smallest absolute Gasteiger partial charge is 0.260 e. The minimum Gasteiger partial charge on any atom is -0.396 e. The molecular formula is C19H20F2N2O. The summed E-state index contributed by atoms with van der Waals surface area (Å²) in [4.78, 5) is 14.5. The van der Waals surface area contributed by atoms with Gasteiger partial charge in [0.1, 0.15) is 11.4 Å². The summed E-state index contributed by atoms with van der Waals surface area (Å²) in [5.74, 6) is -2.14. The van der Waals surface area contributed by atoms with Gasteiger partial charge in [0.15, 0.2) is 5.82 Å². The highest BCUT2D eigenvalue weighted by atomic mass is 19.1. The molecule has 0 saturated heterocycles. The van der Waals surface area contributed by atoms with E-state index in [1.165, 1.54) is 0 Å². The number of hydrogen-bond donors (Lipinski definition) is 1. The van der Waals surface area contributed by atoms with Crippen LogP contribution in [-0.2, 0) is 6.54 Å². The number of anilines is 1. The molecule has 0 heterocycles. The normalized spacial score (nSPS) is 15.1. The first-order valence-corrected chi connectivity index (χ1v) is 8.07. The number of halogens is 2. The lowest BCUT2D eigenvalue weighted by Gasteiger charge is -2.30. The number of benzene rings is 2. The molecule has 1 saturated carbocycles. The topological polar surface area (TPSA) is 46.3 Å². The van der Waals surface area contributed by atoms with Crippen LogP contribution in [0, 0.1) is 17.6 Å². The van der Waals surface area contributed by atoms with Gasteiger partial charge >= 0.3 is 0 Å². The number of carbonyl (C=O) groups excluding carboxylic acids is 1. The van der Waals surface area contributed by atoms with Crippen LogP contribution in [0.5, 0.6) is 0 Å². The van der Waals surface area contributed by atoms with Gasteiger partial charge < -0.3 is 10.6 Å². The monoisotopic (exact) mass is 330 g/mol. The van der Waals surface area contributed by atoms with Gasteiger partial charge in [-0.15, -0.1) is 0 Å². The van der Waals surface area contributed by atoms with Crippen molar-refractivity contribution >= 4 is 11.6 Å². The first-order chi connectivity index (χ1) is 11.5. The van der Waals surface area contributed by atoms with E-state index in [1.54, 1.807) is 4.90 Å². The van der Waals surface area contributed by atoms with E-state index in [-0.39, 0.29) is 11.7 Å². The van der Waals surface area contributed by atoms with E-state index in [2.05, 4.69) is 0 Å². The van der Waals surface area contributed by atoms with Crippen molar-refractivity contribution in [3.05, 3.63) is 65.2 Å². The van der Waals surface area contributed by atoms with Gasteiger partial charge in [0.25, 0.3) is 5.91 Å². The molecule has 5 heteroatoms. The minimum absolute atomic E-state index is 0.0852. The van der Waals surface area contributed by atoms with Gasteiger partial charge in [-0.25, -0.2) is 8.78 Å². The molecule has 0 aliphatic heterocycles. The Morgan fingerprint density at radius 2 is 1.88 bits per heavy atom. The largest absolute Gasteiger partial charge is 0.396 e. The van der Waals surface area contributed by atoms with Crippen LogP contribution >= 0.6 is 0 Å². The van der Waals surface area contributed by atoms with Crippen LogP contribution in [0.25, 0.3) is 0 Å². The zero-order valence-electron chi connectivity index (χ0n) is 13.5. The Hall–Kier alpha value is -2.43. The van der Waals surface area contributed by atoms with E-state index < -0.39 is 23.1 Å². The number of carbonyl (C=O) groups is 1. The maximum Gasteiger partial charge on any atom is 0.260 e. The highest BCUT2D eigenvalue weighted by Gasteiger charge is 2.36. The lowest BCUT2D eigenvalue weighted by atomic mass is 10.1. The molecule has 3 rings (SSSR count). The van der Waals surface area contributed by atoms with Gasteiger partial charge in [0.2, 0.25) is 0 Å². The molecule has 1 aliphatic carbocycles. The van der Waals surface area contributed by atoms with E-state index >= 15 is 0 Å². The van der Waals surface area contributed by atoms with Gasteiger partial charge in [-0.05, 0) is 43.4 Å². The van der Waals surface area contributed by atoms with Gasteiger partial charge in [-0.2, -0.15) is 0 Å². The standard InChI is InChI=1S/C19H20F2N2O/c1-12(14-7-8-14)23(11-13-5-3-2-4-6-13)19(24)17-15(20)9-10-16(22)18(17)21/h2-6,9-10,12,14H,7-8,11,22H2,1H3. The lowest BCUT2D eigenvalue weighted by Crippen LogP contribution is -2.40. The summed E-state index contributed by atoms with van der Waals surface area (Å²) in [6.45, 7) is 2.24. The van der Waals surface area contributed by atoms with Gasteiger partial charge in [0.05, 0.1) is 5.69 Å².